The molecule has 3 rings (SSSR count). The number of likely N-dealkylation sites (N-methyl/N-ethyl adjacent to an activating group) is 1. The van der Waals surface area contributed by atoms with E-state index in [9.17, 15) is 9.59 Å². The molecule has 140 valence electrons. The number of amides is 2. The first kappa shape index (κ1) is 19.7. The maximum Gasteiger partial charge on any atom is 0.276 e. The lowest BCUT2D eigenvalue weighted by Crippen LogP contribution is -2.28. The standard InChI is InChI=1S/C17H21N5O3.ClH/c1-2-19-15(23)10-25-12-5-3-4-11(8-12)20-17(24)16-13-9-18-7-6-14(13)21-22-16;/h3-5,8,18H,2,6-7,9-10H2,1H3,(H,19,23)(H,20,24)(H,21,22);1H. The zero-order valence-electron chi connectivity index (χ0n) is 14.4. The van der Waals surface area contributed by atoms with Crippen molar-refractivity contribution >= 4 is 29.9 Å². The maximum atomic E-state index is 12.5. The minimum absolute atomic E-state index is 0. The van der Waals surface area contributed by atoms with Gasteiger partial charge in [0.25, 0.3) is 11.8 Å². The molecule has 0 saturated heterocycles. The van der Waals surface area contributed by atoms with Gasteiger partial charge in [0.2, 0.25) is 0 Å². The molecular weight excluding hydrogens is 358 g/mol. The average molecular weight is 380 g/mol. The molecule has 2 aromatic rings. The highest BCUT2D eigenvalue weighted by Crippen LogP contribution is 2.20. The zero-order valence-corrected chi connectivity index (χ0v) is 15.2. The Labute approximate surface area is 157 Å². The predicted molar refractivity (Wildman–Crippen MR) is 99.8 cm³/mol. The smallest absolute Gasteiger partial charge is 0.276 e. The number of aromatic amines is 1. The molecule has 0 atom stereocenters. The SMILES string of the molecule is CCNC(=O)COc1cccc(NC(=O)c2n[nH]c3c2CNCC3)c1.Cl. The molecule has 26 heavy (non-hydrogen) atoms. The number of rotatable bonds is 6. The third-order valence-corrected chi connectivity index (χ3v) is 3.86. The van der Waals surface area contributed by atoms with E-state index >= 15 is 0 Å². The number of ether oxygens (including phenoxy) is 1. The van der Waals surface area contributed by atoms with Crippen LogP contribution in [0, 0.1) is 0 Å². The van der Waals surface area contributed by atoms with Crippen molar-refractivity contribution in [2.24, 2.45) is 0 Å². The summed E-state index contributed by atoms with van der Waals surface area (Å²) in [6, 6.07) is 6.92. The molecule has 2 heterocycles. The van der Waals surface area contributed by atoms with Crippen molar-refractivity contribution in [3.8, 4) is 5.75 Å². The third kappa shape index (κ3) is 4.74. The minimum atomic E-state index is -0.276. The van der Waals surface area contributed by atoms with E-state index < -0.39 is 0 Å². The number of hydrogen-bond acceptors (Lipinski definition) is 5. The van der Waals surface area contributed by atoms with E-state index in [0.29, 0.717) is 30.2 Å². The van der Waals surface area contributed by atoms with Crippen LogP contribution in [0.1, 0.15) is 28.7 Å². The Morgan fingerprint density at radius 3 is 3.00 bits per heavy atom. The second-order valence-corrected chi connectivity index (χ2v) is 5.68. The Kier molecular flexibility index (Phi) is 6.99. The molecule has 9 heteroatoms. The number of benzene rings is 1. The van der Waals surface area contributed by atoms with Crippen LogP contribution < -0.4 is 20.7 Å². The van der Waals surface area contributed by atoms with Gasteiger partial charge in [-0.05, 0) is 19.1 Å². The molecule has 2 amide bonds. The van der Waals surface area contributed by atoms with Crippen molar-refractivity contribution in [3.05, 3.63) is 41.2 Å². The largest absolute Gasteiger partial charge is 0.484 e. The van der Waals surface area contributed by atoms with Crippen molar-refractivity contribution in [1.82, 2.24) is 20.8 Å². The lowest BCUT2D eigenvalue weighted by molar-refractivity contribution is -0.122. The molecule has 8 nitrogen and oxygen atoms in total. The van der Waals surface area contributed by atoms with Crippen molar-refractivity contribution in [3.63, 3.8) is 0 Å². The van der Waals surface area contributed by atoms with Crippen molar-refractivity contribution < 1.29 is 14.3 Å². The minimum Gasteiger partial charge on any atom is -0.484 e. The summed E-state index contributed by atoms with van der Waals surface area (Å²) in [6.45, 7) is 3.84. The number of anilines is 1. The van der Waals surface area contributed by atoms with Crippen molar-refractivity contribution in [1.29, 1.82) is 0 Å². The van der Waals surface area contributed by atoms with Crippen LogP contribution in [0.2, 0.25) is 0 Å². The molecule has 0 bridgehead atoms. The summed E-state index contributed by atoms with van der Waals surface area (Å²) in [4.78, 5) is 23.9. The van der Waals surface area contributed by atoms with Gasteiger partial charge in [-0.1, -0.05) is 6.07 Å². The molecule has 0 spiro atoms. The van der Waals surface area contributed by atoms with E-state index in [1.807, 2.05) is 6.92 Å². The van der Waals surface area contributed by atoms with Crippen LogP contribution in [0.3, 0.4) is 0 Å². The van der Waals surface area contributed by atoms with Crippen molar-refractivity contribution in [2.45, 2.75) is 19.9 Å². The van der Waals surface area contributed by atoms with Gasteiger partial charge >= 0.3 is 0 Å². The summed E-state index contributed by atoms with van der Waals surface area (Å²) in [6.07, 6.45) is 0.832. The number of carbonyl (C=O) groups excluding carboxylic acids is 2. The predicted octanol–water partition coefficient (Wildman–Crippen LogP) is 1.24. The molecule has 0 aliphatic carbocycles. The Bertz CT molecular complexity index is 778. The van der Waals surface area contributed by atoms with E-state index in [4.69, 9.17) is 4.74 Å². The normalized spacial score (nSPS) is 12.5. The van der Waals surface area contributed by atoms with Crippen LogP contribution in [-0.2, 0) is 17.8 Å². The summed E-state index contributed by atoms with van der Waals surface area (Å²) in [5.74, 6) is 0.0458. The van der Waals surface area contributed by atoms with Gasteiger partial charge in [0, 0.05) is 49.1 Å². The van der Waals surface area contributed by atoms with Crippen LogP contribution in [0.5, 0.6) is 5.75 Å². The molecule has 0 unspecified atom stereocenters. The number of halogens is 1. The van der Waals surface area contributed by atoms with Crippen molar-refractivity contribution in [2.75, 3.05) is 25.0 Å². The molecule has 1 aromatic carbocycles. The maximum absolute atomic E-state index is 12.5. The van der Waals surface area contributed by atoms with Gasteiger partial charge in [0.15, 0.2) is 12.3 Å². The number of aromatic nitrogens is 2. The molecule has 0 radical (unpaired) electrons. The molecule has 4 N–H and O–H groups in total. The monoisotopic (exact) mass is 379 g/mol. The molecule has 1 aliphatic heterocycles. The number of carbonyl (C=O) groups is 2. The Morgan fingerprint density at radius 2 is 2.19 bits per heavy atom. The summed E-state index contributed by atoms with van der Waals surface area (Å²) in [7, 11) is 0. The van der Waals surface area contributed by atoms with E-state index in [2.05, 4.69) is 26.1 Å². The first-order valence-electron chi connectivity index (χ1n) is 8.25. The molecule has 1 aromatic heterocycles. The third-order valence-electron chi connectivity index (χ3n) is 3.86. The van der Waals surface area contributed by atoms with Gasteiger partial charge in [-0.3, -0.25) is 14.7 Å². The average Bonchev–Trinajstić information content (AvgIpc) is 3.05. The van der Waals surface area contributed by atoms with Gasteiger partial charge in [-0.25, -0.2) is 0 Å². The number of hydrogen-bond donors (Lipinski definition) is 4. The fourth-order valence-corrected chi connectivity index (χ4v) is 2.66. The van der Waals surface area contributed by atoms with Gasteiger partial charge in [0.05, 0.1) is 0 Å². The fraction of sp³-hybridized carbons (Fsp3) is 0.353. The topological polar surface area (TPSA) is 108 Å². The number of nitrogens with zero attached hydrogens (tertiary/aromatic N) is 1. The van der Waals surface area contributed by atoms with E-state index in [-0.39, 0.29) is 30.8 Å². The van der Waals surface area contributed by atoms with Gasteiger partial charge in [-0.2, -0.15) is 5.10 Å². The van der Waals surface area contributed by atoms with Crippen LogP contribution in [-0.4, -0.2) is 41.7 Å². The zero-order chi connectivity index (χ0) is 17.6. The van der Waals surface area contributed by atoms with Gasteiger partial charge < -0.3 is 20.7 Å². The van der Waals surface area contributed by atoms with Crippen LogP contribution in [0.4, 0.5) is 5.69 Å². The Morgan fingerprint density at radius 1 is 1.35 bits per heavy atom. The summed E-state index contributed by atoms with van der Waals surface area (Å²) >= 11 is 0. The van der Waals surface area contributed by atoms with E-state index in [1.165, 1.54) is 0 Å². The number of fused-ring (bicyclic) bond motifs is 1. The first-order chi connectivity index (χ1) is 12.2. The van der Waals surface area contributed by atoms with Crippen LogP contribution in [0.25, 0.3) is 0 Å². The van der Waals surface area contributed by atoms with Crippen LogP contribution in [0.15, 0.2) is 24.3 Å². The highest BCUT2D eigenvalue weighted by Gasteiger charge is 2.21. The number of nitrogens with one attached hydrogen (secondary N) is 4. The molecule has 0 fully saturated rings. The summed E-state index contributed by atoms with van der Waals surface area (Å²) in [5, 5.41) is 15.8. The highest BCUT2D eigenvalue weighted by atomic mass is 35.5. The number of H-pyrrole nitrogens is 1. The first-order valence-corrected chi connectivity index (χ1v) is 8.25. The lowest BCUT2D eigenvalue weighted by atomic mass is 10.1. The van der Waals surface area contributed by atoms with E-state index in [0.717, 1.165) is 24.2 Å². The molecular formula is C17H22ClN5O3. The lowest BCUT2D eigenvalue weighted by Gasteiger charge is -2.13. The second kappa shape index (κ2) is 9.21. The van der Waals surface area contributed by atoms with E-state index in [1.54, 1.807) is 24.3 Å². The quantitative estimate of drug-likeness (QED) is 0.604. The Balaban J connectivity index is 0.00000243. The second-order valence-electron chi connectivity index (χ2n) is 5.68. The molecule has 0 saturated carbocycles. The summed E-state index contributed by atoms with van der Waals surface area (Å²) in [5.41, 5.74) is 2.89. The molecule has 1 aliphatic rings. The highest BCUT2D eigenvalue weighted by molar-refractivity contribution is 6.04. The summed E-state index contributed by atoms with van der Waals surface area (Å²) < 4.78 is 5.43. The fourth-order valence-electron chi connectivity index (χ4n) is 2.66. The van der Waals surface area contributed by atoms with Crippen LogP contribution >= 0.6 is 12.4 Å². The van der Waals surface area contributed by atoms with Gasteiger partial charge in [-0.15, -0.1) is 12.4 Å². The van der Waals surface area contributed by atoms with Gasteiger partial charge in [0.1, 0.15) is 5.75 Å². The Hall–Kier alpha value is -2.58.